The lowest BCUT2D eigenvalue weighted by Gasteiger charge is -2.51. The van der Waals surface area contributed by atoms with Gasteiger partial charge in [0.15, 0.2) is 0 Å². The Hall–Kier alpha value is -1.06. The van der Waals surface area contributed by atoms with E-state index in [0.717, 1.165) is 18.6 Å². The van der Waals surface area contributed by atoms with Gasteiger partial charge >= 0.3 is 0 Å². The van der Waals surface area contributed by atoms with Crippen LogP contribution in [0.5, 0.6) is 5.75 Å². The van der Waals surface area contributed by atoms with Crippen molar-refractivity contribution in [2.24, 2.45) is 23.3 Å². The molecule has 1 fully saturated rings. The summed E-state index contributed by atoms with van der Waals surface area (Å²) >= 11 is 0. The normalized spacial score (nSPS) is 38.1. The summed E-state index contributed by atoms with van der Waals surface area (Å²) in [6.07, 6.45) is 3.21. The highest BCUT2D eigenvalue weighted by atomic mass is 16.5. The van der Waals surface area contributed by atoms with Crippen LogP contribution >= 0.6 is 0 Å². The molecule has 3 heteroatoms. The van der Waals surface area contributed by atoms with Gasteiger partial charge in [0, 0.05) is 6.04 Å². The summed E-state index contributed by atoms with van der Waals surface area (Å²) in [6.45, 7) is 2.30. The maximum Gasteiger partial charge on any atom is 0.119 e. The van der Waals surface area contributed by atoms with Crippen molar-refractivity contribution in [2.45, 2.75) is 37.8 Å². The first-order chi connectivity index (χ1) is 8.56. The third-order valence-corrected chi connectivity index (χ3v) is 5.07. The SMILES string of the molecule is COc1ccc2c(c1)[C@]1(N)CCC(C)[C@H](C2)[C@@H]1N. The van der Waals surface area contributed by atoms with Gasteiger partial charge in [-0.15, -0.1) is 0 Å². The lowest BCUT2D eigenvalue weighted by atomic mass is 9.58. The van der Waals surface area contributed by atoms with Crippen LogP contribution in [0, 0.1) is 11.8 Å². The van der Waals surface area contributed by atoms with E-state index in [0.29, 0.717) is 11.8 Å². The number of rotatable bonds is 1. The van der Waals surface area contributed by atoms with E-state index in [9.17, 15) is 0 Å². The Morgan fingerprint density at radius 1 is 1.39 bits per heavy atom. The zero-order valence-electron chi connectivity index (χ0n) is 11.1. The van der Waals surface area contributed by atoms with Crippen molar-refractivity contribution in [3.8, 4) is 5.75 Å². The van der Waals surface area contributed by atoms with Crippen LogP contribution in [-0.4, -0.2) is 13.2 Å². The molecule has 0 aliphatic heterocycles. The van der Waals surface area contributed by atoms with Crippen LogP contribution in [0.3, 0.4) is 0 Å². The Morgan fingerprint density at radius 2 is 2.17 bits per heavy atom. The molecule has 1 unspecified atom stereocenters. The largest absolute Gasteiger partial charge is 0.497 e. The second-order valence-corrected chi connectivity index (χ2v) is 5.97. The van der Waals surface area contributed by atoms with E-state index in [1.807, 2.05) is 6.07 Å². The molecule has 0 radical (unpaired) electrons. The summed E-state index contributed by atoms with van der Waals surface area (Å²) in [4.78, 5) is 0. The molecule has 2 aliphatic carbocycles. The van der Waals surface area contributed by atoms with E-state index in [2.05, 4.69) is 19.1 Å². The van der Waals surface area contributed by atoms with Crippen molar-refractivity contribution in [2.75, 3.05) is 7.11 Å². The summed E-state index contributed by atoms with van der Waals surface area (Å²) < 4.78 is 5.32. The molecule has 2 aliphatic rings. The number of hydrogen-bond donors (Lipinski definition) is 2. The van der Waals surface area contributed by atoms with Gasteiger partial charge in [0.25, 0.3) is 0 Å². The van der Waals surface area contributed by atoms with Gasteiger partial charge in [-0.05, 0) is 54.4 Å². The van der Waals surface area contributed by atoms with Crippen molar-refractivity contribution in [3.63, 3.8) is 0 Å². The molecular formula is C15H22N2O. The minimum Gasteiger partial charge on any atom is -0.497 e. The Labute approximate surface area is 108 Å². The zero-order valence-corrected chi connectivity index (χ0v) is 11.1. The number of fused-ring (bicyclic) bond motifs is 4. The number of methoxy groups -OCH3 is 1. The van der Waals surface area contributed by atoms with E-state index in [1.54, 1.807) is 7.11 Å². The summed E-state index contributed by atoms with van der Waals surface area (Å²) in [7, 11) is 1.69. The third-order valence-electron chi connectivity index (χ3n) is 5.07. The molecule has 1 aromatic rings. The molecule has 0 aromatic heterocycles. The fourth-order valence-corrected chi connectivity index (χ4v) is 3.77. The lowest BCUT2D eigenvalue weighted by molar-refractivity contribution is 0.111. The molecule has 3 nitrogen and oxygen atoms in total. The van der Waals surface area contributed by atoms with E-state index in [-0.39, 0.29) is 11.6 Å². The number of ether oxygens (including phenoxy) is 1. The molecule has 4 atom stereocenters. The smallest absolute Gasteiger partial charge is 0.119 e. The highest BCUT2D eigenvalue weighted by Gasteiger charge is 2.49. The highest BCUT2D eigenvalue weighted by Crippen LogP contribution is 2.47. The Bertz CT molecular complexity index is 474. The second-order valence-electron chi connectivity index (χ2n) is 5.97. The topological polar surface area (TPSA) is 61.3 Å². The first-order valence-corrected chi connectivity index (χ1v) is 6.78. The lowest BCUT2D eigenvalue weighted by Crippen LogP contribution is -2.63. The van der Waals surface area contributed by atoms with Gasteiger partial charge in [-0.25, -0.2) is 0 Å². The zero-order chi connectivity index (χ0) is 12.9. The molecule has 1 aromatic carbocycles. The molecular weight excluding hydrogens is 224 g/mol. The van der Waals surface area contributed by atoms with E-state index in [4.69, 9.17) is 16.2 Å². The maximum atomic E-state index is 6.66. The van der Waals surface area contributed by atoms with Crippen LogP contribution in [-0.2, 0) is 12.0 Å². The van der Waals surface area contributed by atoms with Gasteiger partial charge < -0.3 is 16.2 Å². The third kappa shape index (κ3) is 1.50. The van der Waals surface area contributed by atoms with Crippen LogP contribution in [0.15, 0.2) is 18.2 Å². The predicted molar refractivity (Wildman–Crippen MR) is 72.4 cm³/mol. The van der Waals surface area contributed by atoms with Gasteiger partial charge in [0.1, 0.15) is 5.75 Å². The standard InChI is InChI=1S/C15H22N2O/c1-9-5-6-15(17)13-8-11(18-2)4-3-10(13)7-12(9)14(15)16/h3-4,8-9,12,14H,5-7,16-17H2,1-2H3/t9?,12-,14-,15+/m0/s1. The summed E-state index contributed by atoms with van der Waals surface area (Å²) in [5.74, 6) is 2.07. The average molecular weight is 246 g/mol. The molecule has 0 spiro atoms. The predicted octanol–water partition coefficient (Wildman–Crippen LogP) is 1.78. The molecule has 0 amide bonds. The number of benzene rings is 1. The minimum absolute atomic E-state index is 0.0702. The first kappa shape index (κ1) is 12.0. The molecule has 2 bridgehead atoms. The minimum atomic E-state index is -0.362. The van der Waals surface area contributed by atoms with Gasteiger partial charge in [-0.1, -0.05) is 13.0 Å². The fraction of sp³-hybridized carbons (Fsp3) is 0.600. The van der Waals surface area contributed by atoms with Crippen molar-refractivity contribution < 1.29 is 4.74 Å². The van der Waals surface area contributed by atoms with Crippen molar-refractivity contribution in [3.05, 3.63) is 29.3 Å². The Morgan fingerprint density at radius 3 is 2.89 bits per heavy atom. The van der Waals surface area contributed by atoms with Gasteiger partial charge in [-0.2, -0.15) is 0 Å². The number of hydrogen-bond acceptors (Lipinski definition) is 3. The molecule has 98 valence electrons. The summed E-state index contributed by atoms with van der Waals surface area (Å²) in [6, 6.07) is 6.34. The monoisotopic (exact) mass is 246 g/mol. The van der Waals surface area contributed by atoms with Crippen LogP contribution in [0.4, 0.5) is 0 Å². The fourth-order valence-electron chi connectivity index (χ4n) is 3.77. The Balaban J connectivity index is 2.13. The molecule has 18 heavy (non-hydrogen) atoms. The molecule has 0 heterocycles. The van der Waals surface area contributed by atoms with E-state index >= 15 is 0 Å². The van der Waals surface area contributed by atoms with Crippen molar-refractivity contribution in [1.29, 1.82) is 0 Å². The van der Waals surface area contributed by atoms with E-state index in [1.165, 1.54) is 17.5 Å². The van der Waals surface area contributed by atoms with Crippen LogP contribution in [0.1, 0.15) is 30.9 Å². The van der Waals surface area contributed by atoms with Gasteiger partial charge in [0.05, 0.1) is 12.6 Å². The second kappa shape index (κ2) is 3.97. The van der Waals surface area contributed by atoms with Crippen LogP contribution < -0.4 is 16.2 Å². The molecule has 1 saturated carbocycles. The molecule has 3 rings (SSSR count). The van der Waals surface area contributed by atoms with Crippen LogP contribution in [0.2, 0.25) is 0 Å². The quantitative estimate of drug-likeness (QED) is 0.794. The number of nitrogens with two attached hydrogens (primary N) is 2. The first-order valence-electron chi connectivity index (χ1n) is 6.78. The molecule has 0 saturated heterocycles. The van der Waals surface area contributed by atoms with Gasteiger partial charge in [-0.3, -0.25) is 0 Å². The molecule has 4 N–H and O–H groups in total. The van der Waals surface area contributed by atoms with E-state index < -0.39 is 0 Å². The van der Waals surface area contributed by atoms with Crippen molar-refractivity contribution >= 4 is 0 Å². The highest BCUT2D eigenvalue weighted by molar-refractivity contribution is 5.44. The van der Waals surface area contributed by atoms with Crippen LogP contribution in [0.25, 0.3) is 0 Å². The van der Waals surface area contributed by atoms with Gasteiger partial charge in [0.2, 0.25) is 0 Å². The maximum absolute atomic E-state index is 6.66. The average Bonchev–Trinajstić information content (AvgIpc) is 2.38. The Kier molecular flexibility index (Phi) is 2.65. The summed E-state index contributed by atoms with van der Waals surface area (Å²) in [5, 5.41) is 0. The van der Waals surface area contributed by atoms with Crippen molar-refractivity contribution in [1.82, 2.24) is 0 Å². The summed E-state index contributed by atoms with van der Waals surface area (Å²) in [5.41, 5.74) is 15.3.